The van der Waals surface area contributed by atoms with E-state index in [0.29, 0.717) is 42.8 Å². The lowest BCUT2D eigenvalue weighted by Crippen LogP contribution is -2.23. The summed E-state index contributed by atoms with van der Waals surface area (Å²) in [6, 6.07) is 9.54. The Balaban J connectivity index is 1.44. The van der Waals surface area contributed by atoms with Gasteiger partial charge >= 0.3 is 0 Å². The Morgan fingerprint density at radius 1 is 1.23 bits per heavy atom. The second-order valence-corrected chi connectivity index (χ2v) is 7.79. The Hall–Kier alpha value is -3.20. The summed E-state index contributed by atoms with van der Waals surface area (Å²) >= 11 is 1.42. The maximum Gasteiger partial charge on any atom is 0.272 e. The molecular weight excluding hydrogens is 402 g/mol. The van der Waals surface area contributed by atoms with Crippen LogP contribution >= 0.6 is 11.3 Å². The van der Waals surface area contributed by atoms with Gasteiger partial charge in [-0.25, -0.2) is 0 Å². The normalized spacial score (nSPS) is 11.3. The number of amides is 1. The van der Waals surface area contributed by atoms with Crippen molar-refractivity contribution in [3.8, 4) is 5.75 Å². The summed E-state index contributed by atoms with van der Waals surface area (Å²) in [6.45, 7) is 2.87. The minimum atomic E-state index is -0.0373. The molecule has 9 heteroatoms. The van der Waals surface area contributed by atoms with Gasteiger partial charge in [-0.3, -0.25) is 18.6 Å². The molecule has 30 heavy (non-hydrogen) atoms. The fourth-order valence-electron chi connectivity index (χ4n) is 3.57. The SMILES string of the molecule is CCn1c(=O)c2sccc2n2c(CCCC(=O)NCc3ccccc3OC)nnc12. The molecule has 1 aromatic carbocycles. The van der Waals surface area contributed by atoms with Crippen LogP contribution in [-0.4, -0.2) is 32.2 Å². The van der Waals surface area contributed by atoms with Crippen LogP contribution in [0.3, 0.4) is 0 Å². The van der Waals surface area contributed by atoms with Crippen molar-refractivity contribution in [2.24, 2.45) is 0 Å². The Bertz CT molecular complexity index is 1260. The molecule has 0 spiro atoms. The van der Waals surface area contributed by atoms with Gasteiger partial charge in [-0.05, 0) is 30.9 Å². The molecule has 1 amide bonds. The highest BCUT2D eigenvalue weighted by atomic mass is 32.1. The number of benzene rings is 1. The molecule has 0 saturated carbocycles. The maximum atomic E-state index is 12.6. The molecule has 0 aliphatic heterocycles. The number of fused-ring (bicyclic) bond motifs is 3. The average Bonchev–Trinajstić information content (AvgIpc) is 3.40. The minimum absolute atomic E-state index is 0.0270. The lowest BCUT2D eigenvalue weighted by Gasteiger charge is -2.09. The fourth-order valence-corrected chi connectivity index (χ4v) is 4.39. The number of nitrogens with one attached hydrogen (secondary N) is 1. The molecular formula is C21H23N5O3S. The Morgan fingerprint density at radius 2 is 2.07 bits per heavy atom. The number of carbonyl (C=O) groups excluding carboxylic acids is 1. The van der Waals surface area contributed by atoms with Crippen LogP contribution in [0, 0.1) is 0 Å². The number of aryl methyl sites for hydroxylation is 2. The first kappa shape index (κ1) is 20.1. The topological polar surface area (TPSA) is 90.5 Å². The van der Waals surface area contributed by atoms with Crippen molar-refractivity contribution in [2.45, 2.75) is 39.3 Å². The third-order valence-electron chi connectivity index (χ3n) is 5.07. The Kier molecular flexibility index (Phi) is 5.80. The number of para-hydroxylation sites is 1. The molecule has 0 aliphatic carbocycles. The van der Waals surface area contributed by atoms with Crippen LogP contribution in [0.2, 0.25) is 0 Å². The highest BCUT2D eigenvalue weighted by molar-refractivity contribution is 7.17. The van der Waals surface area contributed by atoms with E-state index < -0.39 is 0 Å². The van der Waals surface area contributed by atoms with E-state index in [-0.39, 0.29) is 11.5 Å². The predicted molar refractivity (Wildman–Crippen MR) is 116 cm³/mol. The van der Waals surface area contributed by atoms with Crippen molar-refractivity contribution in [3.63, 3.8) is 0 Å². The first-order chi connectivity index (χ1) is 14.6. The van der Waals surface area contributed by atoms with Gasteiger partial charge in [0.15, 0.2) is 0 Å². The molecule has 0 saturated heterocycles. The van der Waals surface area contributed by atoms with E-state index in [2.05, 4.69) is 15.5 Å². The molecule has 0 atom stereocenters. The molecule has 0 aliphatic rings. The van der Waals surface area contributed by atoms with E-state index in [4.69, 9.17) is 4.74 Å². The van der Waals surface area contributed by atoms with Crippen LogP contribution < -0.4 is 15.6 Å². The molecule has 156 valence electrons. The molecule has 0 unspecified atom stereocenters. The summed E-state index contributed by atoms with van der Waals surface area (Å²) in [7, 11) is 1.62. The van der Waals surface area contributed by atoms with Gasteiger partial charge < -0.3 is 10.1 Å². The van der Waals surface area contributed by atoms with Gasteiger partial charge in [0.05, 0.1) is 12.6 Å². The molecule has 3 heterocycles. The molecule has 1 N–H and O–H groups in total. The zero-order valence-electron chi connectivity index (χ0n) is 16.9. The third kappa shape index (κ3) is 3.68. The van der Waals surface area contributed by atoms with Gasteiger partial charge in [0.2, 0.25) is 11.7 Å². The van der Waals surface area contributed by atoms with Gasteiger partial charge in [0.25, 0.3) is 5.56 Å². The summed E-state index contributed by atoms with van der Waals surface area (Å²) < 4.78 is 9.57. The van der Waals surface area contributed by atoms with Gasteiger partial charge in [-0.15, -0.1) is 21.5 Å². The Labute approximate surface area is 177 Å². The zero-order chi connectivity index (χ0) is 21.1. The maximum absolute atomic E-state index is 12.6. The second kappa shape index (κ2) is 8.66. The molecule has 0 radical (unpaired) electrons. The van der Waals surface area contributed by atoms with Crippen LogP contribution in [0.25, 0.3) is 16.0 Å². The van der Waals surface area contributed by atoms with Gasteiger partial charge in [0, 0.05) is 31.5 Å². The molecule has 8 nitrogen and oxygen atoms in total. The molecule has 3 aromatic heterocycles. The lowest BCUT2D eigenvalue weighted by atomic mass is 10.2. The van der Waals surface area contributed by atoms with Crippen LogP contribution in [-0.2, 0) is 24.3 Å². The van der Waals surface area contributed by atoms with Crippen molar-refractivity contribution in [3.05, 3.63) is 57.5 Å². The largest absolute Gasteiger partial charge is 0.496 e. The number of hydrogen-bond donors (Lipinski definition) is 1. The van der Waals surface area contributed by atoms with E-state index in [9.17, 15) is 9.59 Å². The number of nitrogens with zero attached hydrogens (tertiary/aromatic N) is 4. The number of thiophene rings is 1. The van der Waals surface area contributed by atoms with E-state index in [1.54, 1.807) is 11.7 Å². The second-order valence-electron chi connectivity index (χ2n) is 6.88. The van der Waals surface area contributed by atoms with Crippen molar-refractivity contribution in [1.29, 1.82) is 0 Å². The number of rotatable bonds is 8. The number of carbonyl (C=O) groups is 1. The monoisotopic (exact) mass is 425 g/mol. The Morgan fingerprint density at radius 3 is 2.87 bits per heavy atom. The first-order valence-corrected chi connectivity index (χ1v) is 10.7. The summed E-state index contributed by atoms with van der Waals surface area (Å²) in [5, 5.41) is 13.4. The minimum Gasteiger partial charge on any atom is -0.496 e. The predicted octanol–water partition coefficient (Wildman–Crippen LogP) is 2.77. The van der Waals surface area contributed by atoms with Crippen molar-refractivity contribution in [1.82, 2.24) is 24.5 Å². The number of aromatic nitrogens is 4. The first-order valence-electron chi connectivity index (χ1n) is 9.86. The van der Waals surface area contributed by atoms with Crippen molar-refractivity contribution >= 4 is 33.2 Å². The standard InChI is InChI=1S/C21H23N5O3S/c1-3-25-20(28)19-15(11-12-30-19)26-17(23-24-21(25)26)9-6-10-18(27)22-13-14-7-4-5-8-16(14)29-2/h4-5,7-8,11-12H,3,6,9-10,13H2,1-2H3,(H,22,27). The fraction of sp³-hybridized carbons (Fsp3) is 0.333. The summed E-state index contributed by atoms with van der Waals surface area (Å²) in [5.74, 6) is 2.03. The summed E-state index contributed by atoms with van der Waals surface area (Å²) in [4.78, 5) is 24.9. The zero-order valence-corrected chi connectivity index (χ0v) is 17.7. The van der Waals surface area contributed by atoms with E-state index in [0.717, 1.165) is 22.7 Å². The van der Waals surface area contributed by atoms with E-state index in [1.807, 2.05) is 47.0 Å². The molecule has 4 rings (SSSR count). The number of ether oxygens (including phenoxy) is 1. The van der Waals surface area contributed by atoms with Crippen molar-refractivity contribution < 1.29 is 9.53 Å². The molecule has 0 bridgehead atoms. The highest BCUT2D eigenvalue weighted by Gasteiger charge is 2.16. The van der Waals surface area contributed by atoms with Crippen LogP contribution in [0.1, 0.15) is 31.2 Å². The van der Waals surface area contributed by atoms with Crippen LogP contribution in [0.15, 0.2) is 40.5 Å². The van der Waals surface area contributed by atoms with Crippen LogP contribution in [0.5, 0.6) is 5.75 Å². The van der Waals surface area contributed by atoms with Gasteiger partial charge in [-0.1, -0.05) is 18.2 Å². The molecule has 0 fully saturated rings. The van der Waals surface area contributed by atoms with Gasteiger partial charge in [-0.2, -0.15) is 0 Å². The molecule has 4 aromatic rings. The van der Waals surface area contributed by atoms with Crippen molar-refractivity contribution in [2.75, 3.05) is 7.11 Å². The average molecular weight is 426 g/mol. The smallest absolute Gasteiger partial charge is 0.272 e. The highest BCUT2D eigenvalue weighted by Crippen LogP contribution is 2.20. The third-order valence-corrected chi connectivity index (χ3v) is 5.96. The van der Waals surface area contributed by atoms with E-state index >= 15 is 0 Å². The number of methoxy groups -OCH3 is 1. The van der Waals surface area contributed by atoms with Crippen LogP contribution in [0.4, 0.5) is 0 Å². The summed E-state index contributed by atoms with van der Waals surface area (Å²) in [6.07, 6.45) is 1.61. The lowest BCUT2D eigenvalue weighted by molar-refractivity contribution is -0.121. The van der Waals surface area contributed by atoms with E-state index in [1.165, 1.54) is 11.3 Å². The van der Waals surface area contributed by atoms with Gasteiger partial charge in [0.1, 0.15) is 16.3 Å². The quantitative estimate of drug-likeness (QED) is 0.469. The number of hydrogen-bond acceptors (Lipinski definition) is 6. The summed E-state index contributed by atoms with van der Waals surface area (Å²) in [5.41, 5.74) is 1.73.